The Labute approximate surface area is 202 Å². The molecule has 2 aromatic carbocycles. The van der Waals surface area contributed by atoms with Crippen molar-refractivity contribution in [1.29, 1.82) is 0 Å². The van der Waals surface area contributed by atoms with Gasteiger partial charge < -0.3 is 14.8 Å². The predicted molar refractivity (Wildman–Crippen MR) is 135 cm³/mol. The zero-order chi connectivity index (χ0) is 23.1. The molecule has 0 radical (unpaired) electrons. The number of nitrogens with one attached hydrogen (secondary N) is 1. The molecule has 7 heteroatoms. The molecular formula is C26H22ClFN4S. The second kappa shape index (κ2) is 8.61. The number of halogens is 2. The van der Waals surface area contributed by atoms with E-state index >= 15 is 0 Å². The van der Waals surface area contributed by atoms with Crippen LogP contribution in [0.25, 0.3) is 5.69 Å². The molecular weight excluding hydrogens is 455 g/mol. The fraction of sp³-hybridized carbons (Fsp3) is 0.154. The first kappa shape index (κ1) is 21.6. The molecule has 2 aromatic heterocycles. The number of nitrogens with zero attached hydrogens (tertiary/aromatic N) is 3. The summed E-state index contributed by atoms with van der Waals surface area (Å²) >= 11 is 11.9. The van der Waals surface area contributed by atoms with Crippen LogP contribution < -0.4 is 10.2 Å². The van der Waals surface area contributed by atoms with Crippen LogP contribution >= 0.6 is 23.8 Å². The standard InChI is InChI=1S/C26H22ClFN4S/c1-16-8-9-19(14-17(16)2)32-25(24(30-26(32)33)22-6-3-4-12-29-22)23-7-5-13-31(23)18-10-11-21(28)20(27)15-18/h3-15,24-25H,1-2H3,(H,30,33)/t24-,25-/m1/s1. The topological polar surface area (TPSA) is 33.1 Å². The molecule has 0 aliphatic carbocycles. The molecule has 1 saturated heterocycles. The maximum absolute atomic E-state index is 13.8. The van der Waals surface area contributed by atoms with Crippen LogP contribution in [-0.4, -0.2) is 14.7 Å². The average Bonchev–Trinajstić information content (AvgIpc) is 3.42. The van der Waals surface area contributed by atoms with Crippen LogP contribution in [0, 0.1) is 19.7 Å². The average molecular weight is 477 g/mol. The number of aromatic nitrogens is 2. The number of anilines is 1. The molecule has 0 saturated carbocycles. The molecule has 33 heavy (non-hydrogen) atoms. The molecule has 1 aliphatic heterocycles. The molecule has 0 spiro atoms. The van der Waals surface area contributed by atoms with Crippen molar-refractivity contribution in [3.05, 3.63) is 112 Å². The third kappa shape index (κ3) is 3.90. The van der Waals surface area contributed by atoms with Crippen molar-refractivity contribution >= 4 is 34.6 Å². The Bertz CT molecular complexity index is 1340. The van der Waals surface area contributed by atoms with Crippen molar-refractivity contribution in [1.82, 2.24) is 14.9 Å². The zero-order valence-corrected chi connectivity index (χ0v) is 19.7. The van der Waals surface area contributed by atoms with Crippen LogP contribution in [0.4, 0.5) is 10.1 Å². The van der Waals surface area contributed by atoms with Crippen molar-refractivity contribution in [2.24, 2.45) is 0 Å². The Balaban J connectivity index is 1.68. The molecule has 1 N–H and O–H groups in total. The monoisotopic (exact) mass is 476 g/mol. The molecule has 166 valence electrons. The highest BCUT2D eigenvalue weighted by Gasteiger charge is 2.42. The van der Waals surface area contributed by atoms with Crippen LogP contribution in [0.3, 0.4) is 0 Å². The number of aryl methyl sites for hydroxylation is 2. The van der Waals surface area contributed by atoms with Crippen LogP contribution in [0.2, 0.25) is 5.02 Å². The summed E-state index contributed by atoms with van der Waals surface area (Å²) in [5.74, 6) is -0.444. The minimum absolute atomic E-state index is 0.0829. The molecule has 5 rings (SSSR count). The lowest BCUT2D eigenvalue weighted by molar-refractivity contribution is 0.549. The maximum Gasteiger partial charge on any atom is 0.174 e. The van der Waals surface area contributed by atoms with Crippen molar-refractivity contribution in [2.75, 3.05) is 4.90 Å². The number of hydrogen-bond donors (Lipinski definition) is 1. The lowest BCUT2D eigenvalue weighted by atomic mass is 10.00. The van der Waals surface area contributed by atoms with Crippen molar-refractivity contribution in [3.8, 4) is 5.69 Å². The Hall–Kier alpha value is -3.22. The SMILES string of the molecule is Cc1ccc(N2C(=S)N[C@H](c3ccccn3)[C@H]2c2cccn2-c2ccc(F)c(Cl)c2)cc1C. The fourth-order valence-electron chi connectivity index (χ4n) is 4.31. The van der Waals surface area contributed by atoms with Crippen molar-refractivity contribution in [3.63, 3.8) is 0 Å². The van der Waals surface area contributed by atoms with E-state index in [0.29, 0.717) is 5.11 Å². The summed E-state index contributed by atoms with van der Waals surface area (Å²) in [5.41, 5.74) is 6.07. The molecule has 2 atom stereocenters. The first-order chi connectivity index (χ1) is 15.9. The first-order valence-electron chi connectivity index (χ1n) is 10.6. The number of rotatable bonds is 4. The van der Waals surface area contributed by atoms with Gasteiger partial charge in [0.15, 0.2) is 5.11 Å². The summed E-state index contributed by atoms with van der Waals surface area (Å²) in [6.07, 6.45) is 3.74. The van der Waals surface area contributed by atoms with Crippen molar-refractivity contribution < 1.29 is 4.39 Å². The predicted octanol–water partition coefficient (Wildman–Crippen LogP) is 6.46. The quantitative estimate of drug-likeness (QED) is 0.343. The largest absolute Gasteiger partial charge is 0.351 e. The summed E-state index contributed by atoms with van der Waals surface area (Å²) in [4.78, 5) is 6.75. The van der Waals surface area contributed by atoms with Gasteiger partial charge in [-0.15, -0.1) is 0 Å². The van der Waals surface area contributed by atoms with Gasteiger partial charge >= 0.3 is 0 Å². The number of thiocarbonyl (C=S) groups is 1. The Morgan fingerprint density at radius 1 is 0.970 bits per heavy atom. The Morgan fingerprint density at radius 3 is 2.52 bits per heavy atom. The number of hydrogen-bond acceptors (Lipinski definition) is 2. The Morgan fingerprint density at radius 2 is 1.79 bits per heavy atom. The van der Waals surface area contributed by atoms with Crippen LogP contribution in [0.5, 0.6) is 0 Å². The summed E-state index contributed by atoms with van der Waals surface area (Å²) in [6.45, 7) is 4.19. The van der Waals surface area contributed by atoms with E-state index in [-0.39, 0.29) is 17.1 Å². The smallest absolute Gasteiger partial charge is 0.174 e. The molecule has 0 bridgehead atoms. The van der Waals surface area contributed by atoms with E-state index in [4.69, 9.17) is 23.8 Å². The molecule has 1 fully saturated rings. The number of benzene rings is 2. The van der Waals surface area contributed by atoms with Gasteiger partial charge in [0.2, 0.25) is 0 Å². The van der Waals surface area contributed by atoms with Crippen LogP contribution in [-0.2, 0) is 0 Å². The highest BCUT2D eigenvalue weighted by atomic mass is 35.5. The van der Waals surface area contributed by atoms with E-state index < -0.39 is 5.82 Å². The van der Waals surface area contributed by atoms with Gasteiger partial charge in [-0.05, 0) is 91.8 Å². The molecule has 0 unspecified atom stereocenters. The van der Waals surface area contributed by atoms with Crippen LogP contribution in [0.1, 0.15) is 34.6 Å². The fourth-order valence-corrected chi connectivity index (χ4v) is 4.83. The van der Waals surface area contributed by atoms with Gasteiger partial charge in [-0.1, -0.05) is 23.7 Å². The van der Waals surface area contributed by atoms with Gasteiger partial charge in [-0.3, -0.25) is 4.98 Å². The van der Waals surface area contributed by atoms with E-state index in [0.717, 1.165) is 22.8 Å². The van der Waals surface area contributed by atoms with E-state index in [9.17, 15) is 4.39 Å². The third-order valence-electron chi connectivity index (χ3n) is 6.13. The van der Waals surface area contributed by atoms with Gasteiger partial charge in [0, 0.05) is 29.5 Å². The highest BCUT2D eigenvalue weighted by Crippen LogP contribution is 2.42. The van der Waals surface area contributed by atoms with Gasteiger partial charge in [0.25, 0.3) is 0 Å². The van der Waals surface area contributed by atoms with E-state index in [1.807, 2.05) is 35.0 Å². The first-order valence-corrected chi connectivity index (χ1v) is 11.4. The maximum atomic E-state index is 13.8. The van der Waals surface area contributed by atoms with Crippen LogP contribution in [0.15, 0.2) is 79.1 Å². The van der Waals surface area contributed by atoms with Crippen molar-refractivity contribution in [2.45, 2.75) is 25.9 Å². The lowest BCUT2D eigenvalue weighted by Crippen LogP contribution is -2.30. The second-order valence-corrected chi connectivity index (χ2v) is 8.96. The number of pyridine rings is 1. The normalized spacial score (nSPS) is 17.9. The molecule has 0 amide bonds. The molecule has 4 nitrogen and oxygen atoms in total. The van der Waals surface area contributed by atoms with Gasteiger partial charge in [-0.2, -0.15) is 0 Å². The molecule has 1 aliphatic rings. The summed E-state index contributed by atoms with van der Waals surface area (Å²) in [6, 6.07) is 20.6. The van der Waals surface area contributed by atoms with Gasteiger partial charge in [0.05, 0.1) is 16.8 Å². The molecule has 3 heterocycles. The minimum atomic E-state index is -0.444. The van der Waals surface area contributed by atoms with E-state index in [1.54, 1.807) is 18.3 Å². The third-order valence-corrected chi connectivity index (χ3v) is 6.74. The van der Waals surface area contributed by atoms with E-state index in [2.05, 4.69) is 53.3 Å². The zero-order valence-electron chi connectivity index (χ0n) is 18.2. The van der Waals surface area contributed by atoms with E-state index in [1.165, 1.54) is 17.2 Å². The van der Waals surface area contributed by atoms with Gasteiger partial charge in [-0.25, -0.2) is 4.39 Å². The summed E-state index contributed by atoms with van der Waals surface area (Å²) < 4.78 is 15.9. The minimum Gasteiger partial charge on any atom is -0.351 e. The summed E-state index contributed by atoms with van der Waals surface area (Å²) in [7, 11) is 0. The Kier molecular flexibility index (Phi) is 5.64. The van der Waals surface area contributed by atoms with Gasteiger partial charge in [0.1, 0.15) is 11.9 Å². The summed E-state index contributed by atoms with van der Waals surface area (Å²) in [5, 5.41) is 4.20. The lowest BCUT2D eigenvalue weighted by Gasteiger charge is -2.29. The second-order valence-electron chi connectivity index (χ2n) is 8.17. The highest BCUT2D eigenvalue weighted by molar-refractivity contribution is 7.80. The molecule has 4 aromatic rings.